The Hall–Kier alpha value is -4.14. The molecule has 1 fully saturated rings. The minimum Gasteiger partial charge on any atom is -0.497 e. The van der Waals surface area contributed by atoms with E-state index in [-0.39, 0.29) is 24.4 Å². The third-order valence-corrected chi connectivity index (χ3v) is 7.19. The van der Waals surface area contributed by atoms with E-state index in [1.807, 2.05) is 55.1 Å². The van der Waals surface area contributed by atoms with Crippen LogP contribution < -0.4 is 14.4 Å². The molecule has 0 N–H and O–H groups in total. The van der Waals surface area contributed by atoms with E-state index in [1.165, 1.54) is 0 Å². The molecule has 1 aromatic heterocycles. The Morgan fingerprint density at radius 2 is 1.67 bits per heavy atom. The maximum absolute atomic E-state index is 13.4. The topological polar surface area (TPSA) is 88.1 Å². The number of anilines is 1. The summed E-state index contributed by atoms with van der Waals surface area (Å²) in [5.74, 6) is 1.95. The number of aromatic nitrogens is 2. The fourth-order valence-corrected chi connectivity index (χ4v) is 4.64. The van der Waals surface area contributed by atoms with Crippen LogP contribution >= 0.6 is 0 Å². The zero-order chi connectivity index (χ0) is 27.8. The molecule has 0 unspecified atom stereocenters. The van der Waals surface area contributed by atoms with Gasteiger partial charge in [0.2, 0.25) is 5.91 Å². The predicted molar refractivity (Wildman–Crippen MR) is 151 cm³/mol. The third kappa shape index (κ3) is 6.85. The molecule has 4 rings (SSSR count). The molecule has 2 amide bonds. The van der Waals surface area contributed by atoms with Crippen molar-refractivity contribution in [2.24, 2.45) is 0 Å². The Bertz CT molecular complexity index is 1270. The lowest BCUT2D eigenvalue weighted by molar-refractivity contribution is -0.132. The summed E-state index contributed by atoms with van der Waals surface area (Å²) in [4.78, 5) is 32.4. The number of carbonyl (C=O) groups is 2. The SMILES string of the molecule is CC[C@@H](C)N(CC(=O)N1CCCN(c2ccc(-c3cccc(OC)c3)nn2)CC1)C(=O)c1cccc(OC)c1. The van der Waals surface area contributed by atoms with Crippen LogP contribution in [0.1, 0.15) is 37.0 Å². The number of hydrogen-bond acceptors (Lipinski definition) is 7. The molecule has 206 valence electrons. The Balaban J connectivity index is 1.40. The number of amides is 2. The summed E-state index contributed by atoms with van der Waals surface area (Å²) in [5, 5.41) is 8.90. The van der Waals surface area contributed by atoms with E-state index >= 15 is 0 Å². The fraction of sp³-hybridized carbons (Fsp3) is 0.400. The zero-order valence-electron chi connectivity index (χ0n) is 23.2. The average Bonchev–Trinajstić information content (AvgIpc) is 3.26. The number of nitrogens with zero attached hydrogens (tertiary/aromatic N) is 5. The van der Waals surface area contributed by atoms with Crippen LogP contribution in [0.25, 0.3) is 11.3 Å². The highest BCUT2D eigenvalue weighted by atomic mass is 16.5. The molecule has 1 atom stereocenters. The summed E-state index contributed by atoms with van der Waals surface area (Å²) < 4.78 is 10.6. The maximum Gasteiger partial charge on any atom is 0.254 e. The van der Waals surface area contributed by atoms with Gasteiger partial charge in [0, 0.05) is 43.3 Å². The molecule has 2 aromatic carbocycles. The van der Waals surface area contributed by atoms with Gasteiger partial charge in [0.1, 0.15) is 18.0 Å². The van der Waals surface area contributed by atoms with Gasteiger partial charge in [0.15, 0.2) is 5.82 Å². The van der Waals surface area contributed by atoms with Crippen molar-refractivity contribution in [1.82, 2.24) is 20.0 Å². The highest BCUT2D eigenvalue weighted by Crippen LogP contribution is 2.23. The standard InChI is InChI=1S/C30H37N5O4/c1-5-22(2)35(30(37)24-10-7-12-26(20-24)39-4)21-29(36)34-16-8-15-33(17-18-34)28-14-13-27(31-32-28)23-9-6-11-25(19-23)38-3/h6-7,9-14,19-20,22H,5,8,15-18,21H2,1-4H3/t22-/m1/s1. The van der Waals surface area contributed by atoms with Gasteiger partial charge in [-0.25, -0.2) is 0 Å². The van der Waals surface area contributed by atoms with E-state index in [1.54, 1.807) is 43.4 Å². The second kappa shape index (κ2) is 13.1. The van der Waals surface area contributed by atoms with Crippen LogP contribution in [0.2, 0.25) is 0 Å². The van der Waals surface area contributed by atoms with E-state index < -0.39 is 0 Å². The minimum atomic E-state index is -0.167. The van der Waals surface area contributed by atoms with Crippen molar-refractivity contribution in [2.45, 2.75) is 32.7 Å². The van der Waals surface area contributed by atoms with Crippen LogP contribution in [0, 0.1) is 0 Å². The van der Waals surface area contributed by atoms with Crippen molar-refractivity contribution in [1.29, 1.82) is 0 Å². The minimum absolute atomic E-state index is 0.0418. The maximum atomic E-state index is 13.4. The fourth-order valence-electron chi connectivity index (χ4n) is 4.64. The number of carbonyl (C=O) groups excluding carboxylic acids is 2. The molecule has 1 saturated heterocycles. The smallest absolute Gasteiger partial charge is 0.254 e. The van der Waals surface area contributed by atoms with Gasteiger partial charge in [-0.1, -0.05) is 25.1 Å². The van der Waals surface area contributed by atoms with E-state index in [9.17, 15) is 9.59 Å². The summed E-state index contributed by atoms with van der Waals surface area (Å²) in [5.41, 5.74) is 2.23. The van der Waals surface area contributed by atoms with E-state index in [0.717, 1.165) is 42.2 Å². The lowest BCUT2D eigenvalue weighted by Crippen LogP contribution is -2.47. The second-order valence-electron chi connectivity index (χ2n) is 9.65. The van der Waals surface area contributed by atoms with Crippen molar-refractivity contribution in [3.05, 3.63) is 66.2 Å². The van der Waals surface area contributed by atoms with Gasteiger partial charge in [0.25, 0.3) is 5.91 Å². The molecule has 0 spiro atoms. The lowest BCUT2D eigenvalue weighted by Gasteiger charge is -2.31. The van der Waals surface area contributed by atoms with Crippen molar-refractivity contribution < 1.29 is 19.1 Å². The van der Waals surface area contributed by atoms with Crippen LogP contribution in [0.15, 0.2) is 60.7 Å². The number of benzene rings is 2. The molecule has 0 radical (unpaired) electrons. The molecule has 9 heteroatoms. The first-order valence-electron chi connectivity index (χ1n) is 13.4. The number of ether oxygens (including phenoxy) is 2. The molecule has 2 heterocycles. The molecule has 39 heavy (non-hydrogen) atoms. The van der Waals surface area contributed by atoms with Crippen LogP contribution in [-0.4, -0.2) is 84.8 Å². The summed E-state index contributed by atoms with van der Waals surface area (Å²) in [6.07, 6.45) is 1.55. The molecular weight excluding hydrogens is 494 g/mol. The zero-order valence-corrected chi connectivity index (χ0v) is 23.2. The molecule has 1 aliphatic heterocycles. The van der Waals surface area contributed by atoms with Crippen LogP contribution in [-0.2, 0) is 4.79 Å². The molecule has 1 aliphatic rings. The highest BCUT2D eigenvalue weighted by Gasteiger charge is 2.27. The van der Waals surface area contributed by atoms with Gasteiger partial charge in [-0.05, 0) is 62.2 Å². The van der Waals surface area contributed by atoms with Gasteiger partial charge in [-0.2, -0.15) is 0 Å². The molecule has 0 saturated carbocycles. The predicted octanol–water partition coefficient (Wildman–Crippen LogP) is 4.14. The average molecular weight is 532 g/mol. The lowest BCUT2D eigenvalue weighted by atomic mass is 10.1. The molecular formula is C30H37N5O4. The van der Waals surface area contributed by atoms with Gasteiger partial charge < -0.3 is 24.2 Å². The van der Waals surface area contributed by atoms with Crippen LogP contribution in [0.4, 0.5) is 5.82 Å². The Morgan fingerprint density at radius 1 is 0.923 bits per heavy atom. The van der Waals surface area contributed by atoms with Gasteiger partial charge in [0.05, 0.1) is 19.9 Å². The normalized spacial score (nSPS) is 14.4. The monoisotopic (exact) mass is 531 g/mol. The molecule has 9 nitrogen and oxygen atoms in total. The molecule has 0 aliphatic carbocycles. The molecule has 3 aromatic rings. The Labute approximate surface area is 230 Å². The Kier molecular flexibility index (Phi) is 9.35. The summed E-state index contributed by atoms with van der Waals surface area (Å²) in [7, 11) is 3.21. The van der Waals surface area contributed by atoms with Gasteiger partial charge in [-0.3, -0.25) is 9.59 Å². The van der Waals surface area contributed by atoms with E-state index in [2.05, 4.69) is 15.1 Å². The number of methoxy groups -OCH3 is 2. The highest BCUT2D eigenvalue weighted by molar-refractivity contribution is 5.97. The Morgan fingerprint density at radius 3 is 2.36 bits per heavy atom. The van der Waals surface area contributed by atoms with Crippen LogP contribution in [0.3, 0.4) is 0 Å². The molecule has 0 bridgehead atoms. The van der Waals surface area contributed by atoms with Crippen molar-refractivity contribution in [2.75, 3.05) is 51.8 Å². The van der Waals surface area contributed by atoms with Crippen molar-refractivity contribution >= 4 is 17.6 Å². The first-order valence-corrected chi connectivity index (χ1v) is 13.4. The van der Waals surface area contributed by atoms with Gasteiger partial charge in [-0.15, -0.1) is 10.2 Å². The van der Waals surface area contributed by atoms with Gasteiger partial charge >= 0.3 is 0 Å². The number of rotatable bonds is 9. The summed E-state index contributed by atoms with van der Waals surface area (Å²) >= 11 is 0. The van der Waals surface area contributed by atoms with E-state index in [4.69, 9.17) is 9.47 Å². The largest absolute Gasteiger partial charge is 0.497 e. The number of hydrogen-bond donors (Lipinski definition) is 0. The first-order chi connectivity index (χ1) is 18.9. The second-order valence-corrected chi connectivity index (χ2v) is 9.65. The summed E-state index contributed by atoms with van der Waals surface area (Å²) in [6.45, 7) is 6.64. The third-order valence-electron chi connectivity index (χ3n) is 7.19. The quantitative estimate of drug-likeness (QED) is 0.410. The van der Waals surface area contributed by atoms with Crippen molar-refractivity contribution in [3.8, 4) is 22.8 Å². The van der Waals surface area contributed by atoms with Crippen LogP contribution in [0.5, 0.6) is 11.5 Å². The van der Waals surface area contributed by atoms with Crippen molar-refractivity contribution in [3.63, 3.8) is 0 Å². The summed E-state index contributed by atoms with van der Waals surface area (Å²) in [6, 6.07) is 18.6. The van der Waals surface area contributed by atoms with E-state index in [0.29, 0.717) is 30.9 Å². The first kappa shape index (κ1) is 27.9.